The molecule has 0 aliphatic heterocycles. The van der Waals surface area contributed by atoms with Crippen LogP contribution in [0.1, 0.15) is 17.5 Å². The minimum Gasteiger partial charge on any atom is -0.489 e. The third kappa shape index (κ3) is 6.19. The van der Waals surface area contributed by atoms with E-state index in [1.54, 1.807) is 0 Å². The van der Waals surface area contributed by atoms with E-state index in [1.165, 1.54) is 5.56 Å². The van der Waals surface area contributed by atoms with Gasteiger partial charge in [-0.25, -0.2) is 0 Å². The molecule has 0 spiro atoms. The number of benzene rings is 3. The molecule has 3 aromatic carbocycles. The first-order valence-corrected chi connectivity index (χ1v) is 9.06. The first kappa shape index (κ1) is 18.5. The Morgan fingerprint density at radius 2 is 1.67 bits per heavy atom. The Labute approximate surface area is 160 Å². The van der Waals surface area contributed by atoms with E-state index >= 15 is 0 Å². The predicted molar refractivity (Wildman–Crippen MR) is 110 cm³/mol. The molecule has 0 unspecified atom stereocenters. The Morgan fingerprint density at radius 1 is 0.889 bits per heavy atom. The number of aryl methyl sites for hydroxylation is 1. The third-order valence-electron chi connectivity index (χ3n) is 4.09. The molecule has 1 amide bonds. The monoisotopic (exact) mass is 360 g/mol. The van der Waals surface area contributed by atoms with Crippen molar-refractivity contribution in [3.63, 3.8) is 0 Å². The van der Waals surface area contributed by atoms with Crippen molar-refractivity contribution in [3.8, 4) is 5.75 Å². The fourth-order valence-electron chi connectivity index (χ4n) is 2.67. The van der Waals surface area contributed by atoms with Crippen molar-refractivity contribution < 1.29 is 9.53 Å². The summed E-state index contributed by atoms with van der Waals surface area (Å²) in [5, 5.41) is 6.17. The van der Waals surface area contributed by atoms with Crippen molar-refractivity contribution in [2.75, 3.05) is 17.2 Å². The molecule has 3 rings (SSSR count). The van der Waals surface area contributed by atoms with E-state index in [1.807, 2.05) is 79.7 Å². The maximum absolute atomic E-state index is 12.1. The molecule has 0 bridgehead atoms. The zero-order valence-electron chi connectivity index (χ0n) is 15.4. The van der Waals surface area contributed by atoms with Gasteiger partial charge < -0.3 is 15.4 Å². The van der Waals surface area contributed by atoms with Gasteiger partial charge in [-0.1, -0.05) is 42.5 Å². The quantitative estimate of drug-likeness (QED) is 0.593. The molecule has 0 aromatic heterocycles. The average molecular weight is 360 g/mol. The van der Waals surface area contributed by atoms with Crippen molar-refractivity contribution in [2.24, 2.45) is 0 Å². The minimum atomic E-state index is -0.0203. The predicted octanol–water partition coefficient (Wildman–Crippen LogP) is 5.01. The fourth-order valence-corrected chi connectivity index (χ4v) is 2.67. The van der Waals surface area contributed by atoms with Crippen molar-refractivity contribution >= 4 is 17.3 Å². The van der Waals surface area contributed by atoms with Gasteiger partial charge in [-0.05, 0) is 54.4 Å². The highest BCUT2D eigenvalue weighted by Gasteiger charge is 2.03. The standard InChI is InChI=1S/C23H24N2O2/c1-18-6-5-9-21(16-18)24-15-14-23(26)25-20-10-12-22(13-11-20)27-17-19-7-3-2-4-8-19/h2-13,16,24H,14-15,17H2,1H3,(H,25,26). The highest BCUT2D eigenvalue weighted by Crippen LogP contribution is 2.17. The maximum atomic E-state index is 12.1. The molecular weight excluding hydrogens is 336 g/mol. The number of carbonyl (C=O) groups is 1. The fraction of sp³-hybridized carbons (Fsp3) is 0.174. The molecule has 0 heterocycles. The van der Waals surface area contributed by atoms with E-state index < -0.39 is 0 Å². The maximum Gasteiger partial charge on any atom is 0.226 e. The molecule has 4 heteroatoms. The molecule has 4 nitrogen and oxygen atoms in total. The van der Waals surface area contributed by atoms with Gasteiger partial charge in [0.25, 0.3) is 0 Å². The molecule has 0 radical (unpaired) electrons. The number of hydrogen-bond donors (Lipinski definition) is 2. The van der Waals surface area contributed by atoms with E-state index in [-0.39, 0.29) is 5.91 Å². The molecule has 0 saturated carbocycles. The topological polar surface area (TPSA) is 50.4 Å². The number of ether oxygens (including phenoxy) is 1. The minimum absolute atomic E-state index is 0.0203. The van der Waals surface area contributed by atoms with Gasteiger partial charge in [0.1, 0.15) is 12.4 Å². The summed E-state index contributed by atoms with van der Waals surface area (Å²) in [6.45, 7) is 3.16. The van der Waals surface area contributed by atoms with E-state index in [0.29, 0.717) is 19.6 Å². The van der Waals surface area contributed by atoms with Gasteiger partial charge in [0.05, 0.1) is 0 Å². The molecule has 0 saturated heterocycles. The van der Waals surface area contributed by atoms with E-state index in [9.17, 15) is 4.79 Å². The molecular formula is C23H24N2O2. The Morgan fingerprint density at radius 3 is 2.41 bits per heavy atom. The van der Waals surface area contributed by atoms with Crippen LogP contribution in [0.3, 0.4) is 0 Å². The van der Waals surface area contributed by atoms with Gasteiger partial charge in [0.2, 0.25) is 5.91 Å². The lowest BCUT2D eigenvalue weighted by Crippen LogP contribution is -2.16. The summed E-state index contributed by atoms with van der Waals surface area (Å²) in [6.07, 6.45) is 0.403. The van der Waals surface area contributed by atoms with Gasteiger partial charge in [0.15, 0.2) is 0 Å². The number of nitrogens with one attached hydrogen (secondary N) is 2. The number of anilines is 2. The number of carbonyl (C=O) groups excluding carboxylic acids is 1. The second kappa shape index (κ2) is 9.43. The lowest BCUT2D eigenvalue weighted by Gasteiger charge is -2.09. The van der Waals surface area contributed by atoms with Crippen LogP contribution in [0.15, 0.2) is 78.9 Å². The Kier molecular flexibility index (Phi) is 6.47. The number of rotatable bonds is 8. The van der Waals surface area contributed by atoms with Gasteiger partial charge in [0, 0.05) is 24.3 Å². The summed E-state index contributed by atoms with van der Waals surface area (Å²) in [4.78, 5) is 12.1. The molecule has 138 valence electrons. The molecule has 0 aliphatic carbocycles. The Balaban J connectivity index is 1.41. The van der Waals surface area contributed by atoms with E-state index in [0.717, 1.165) is 22.7 Å². The number of hydrogen-bond acceptors (Lipinski definition) is 3. The highest BCUT2D eigenvalue weighted by molar-refractivity contribution is 5.91. The molecule has 2 N–H and O–H groups in total. The zero-order valence-corrected chi connectivity index (χ0v) is 15.4. The van der Waals surface area contributed by atoms with Crippen molar-refractivity contribution in [3.05, 3.63) is 90.0 Å². The van der Waals surface area contributed by atoms with Crippen LogP contribution in [-0.4, -0.2) is 12.5 Å². The Hall–Kier alpha value is -3.27. The van der Waals surface area contributed by atoms with Gasteiger partial charge in [-0.3, -0.25) is 4.79 Å². The van der Waals surface area contributed by atoms with E-state index in [2.05, 4.69) is 16.7 Å². The summed E-state index contributed by atoms with van der Waals surface area (Å²) in [5.41, 5.74) is 4.11. The number of amides is 1. The van der Waals surface area contributed by atoms with Crippen molar-refractivity contribution in [1.82, 2.24) is 0 Å². The van der Waals surface area contributed by atoms with Crippen LogP contribution in [0.25, 0.3) is 0 Å². The first-order chi connectivity index (χ1) is 13.2. The van der Waals surface area contributed by atoms with Crippen LogP contribution in [0, 0.1) is 6.92 Å². The average Bonchev–Trinajstić information content (AvgIpc) is 2.68. The highest BCUT2D eigenvalue weighted by atomic mass is 16.5. The van der Waals surface area contributed by atoms with Gasteiger partial charge in [-0.15, -0.1) is 0 Å². The summed E-state index contributed by atoms with van der Waals surface area (Å²) in [6, 6.07) is 25.6. The second-order valence-electron chi connectivity index (χ2n) is 6.39. The largest absolute Gasteiger partial charge is 0.489 e. The summed E-state index contributed by atoms with van der Waals surface area (Å²) >= 11 is 0. The zero-order chi connectivity index (χ0) is 18.9. The van der Waals surface area contributed by atoms with E-state index in [4.69, 9.17) is 4.74 Å². The van der Waals surface area contributed by atoms with Crippen molar-refractivity contribution in [2.45, 2.75) is 20.0 Å². The van der Waals surface area contributed by atoms with Crippen LogP contribution in [0.4, 0.5) is 11.4 Å². The lowest BCUT2D eigenvalue weighted by atomic mass is 10.2. The van der Waals surface area contributed by atoms with Crippen molar-refractivity contribution in [1.29, 1.82) is 0 Å². The van der Waals surface area contributed by atoms with Crippen LogP contribution in [0.2, 0.25) is 0 Å². The van der Waals surface area contributed by atoms with Gasteiger partial charge in [-0.2, -0.15) is 0 Å². The molecule has 0 aliphatic rings. The van der Waals surface area contributed by atoms with Crippen LogP contribution in [0.5, 0.6) is 5.75 Å². The molecule has 3 aromatic rings. The van der Waals surface area contributed by atoms with Crippen LogP contribution in [-0.2, 0) is 11.4 Å². The summed E-state index contributed by atoms with van der Waals surface area (Å²) in [7, 11) is 0. The molecule has 27 heavy (non-hydrogen) atoms. The van der Waals surface area contributed by atoms with Crippen LogP contribution < -0.4 is 15.4 Å². The first-order valence-electron chi connectivity index (χ1n) is 9.06. The van der Waals surface area contributed by atoms with Gasteiger partial charge >= 0.3 is 0 Å². The third-order valence-corrected chi connectivity index (χ3v) is 4.09. The van der Waals surface area contributed by atoms with Crippen LogP contribution >= 0.6 is 0 Å². The smallest absolute Gasteiger partial charge is 0.226 e. The second-order valence-corrected chi connectivity index (χ2v) is 6.39. The summed E-state index contributed by atoms with van der Waals surface area (Å²) in [5.74, 6) is 0.756. The Bertz CT molecular complexity index is 861. The SMILES string of the molecule is Cc1cccc(NCCC(=O)Nc2ccc(OCc3ccccc3)cc2)c1. The molecule has 0 atom stereocenters. The summed E-state index contributed by atoms with van der Waals surface area (Å²) < 4.78 is 5.75. The normalized spacial score (nSPS) is 10.3. The lowest BCUT2D eigenvalue weighted by molar-refractivity contribution is -0.115. The molecule has 0 fully saturated rings.